The van der Waals surface area contributed by atoms with Gasteiger partial charge in [-0.05, 0) is 37.0 Å². The molecule has 5 N–H and O–H groups in total. The average molecular weight is 410 g/mol. The average Bonchev–Trinajstić information content (AvgIpc) is 3.52. The number of aromatic nitrogens is 1. The summed E-state index contributed by atoms with van der Waals surface area (Å²) < 4.78 is 25.9. The third-order valence-corrected chi connectivity index (χ3v) is 5.69. The van der Waals surface area contributed by atoms with Gasteiger partial charge in [-0.1, -0.05) is 0 Å². The van der Waals surface area contributed by atoms with Gasteiger partial charge in [-0.3, -0.25) is 4.79 Å². The Hall–Kier alpha value is -3.42. The summed E-state index contributed by atoms with van der Waals surface area (Å²) in [6.07, 6.45) is 1.98. The lowest BCUT2D eigenvalue weighted by Gasteiger charge is -2.17. The molecule has 1 fully saturated rings. The van der Waals surface area contributed by atoms with Crippen LogP contribution >= 0.6 is 0 Å². The van der Waals surface area contributed by atoms with Crippen molar-refractivity contribution in [2.45, 2.75) is 18.9 Å². The Balaban J connectivity index is 1.62. The number of nitrogens with two attached hydrogens (primary N) is 1. The van der Waals surface area contributed by atoms with Crippen LogP contribution in [0.2, 0.25) is 0 Å². The Kier molecular flexibility index (Phi) is 4.42. The van der Waals surface area contributed by atoms with Gasteiger partial charge in [0.25, 0.3) is 0 Å². The van der Waals surface area contributed by atoms with Crippen molar-refractivity contribution in [3.8, 4) is 22.8 Å². The maximum absolute atomic E-state index is 14.8. The number of anilines is 2. The van der Waals surface area contributed by atoms with Crippen molar-refractivity contribution in [2.75, 3.05) is 30.9 Å². The van der Waals surface area contributed by atoms with Crippen LogP contribution in [0.4, 0.5) is 15.8 Å². The molecule has 0 radical (unpaired) electrons. The summed E-state index contributed by atoms with van der Waals surface area (Å²) in [4.78, 5) is 15.2. The molecule has 1 aliphatic carbocycles. The zero-order chi connectivity index (χ0) is 20.8. The van der Waals surface area contributed by atoms with E-state index in [1.807, 2.05) is 12.1 Å². The predicted molar refractivity (Wildman–Crippen MR) is 114 cm³/mol. The van der Waals surface area contributed by atoms with E-state index in [1.165, 1.54) is 13.2 Å². The summed E-state index contributed by atoms with van der Waals surface area (Å²) in [5.41, 5.74) is 8.98. The normalized spacial score (nSPS) is 16.3. The maximum Gasteiger partial charge on any atom is 0.240 e. The molecule has 2 aliphatic rings. The fourth-order valence-corrected chi connectivity index (χ4v) is 4.06. The Morgan fingerprint density at radius 2 is 2.17 bits per heavy atom. The number of carbonyl (C=O) groups excluding carboxylic acids is 1. The number of methoxy groups -OCH3 is 1. The number of rotatable bonds is 6. The van der Waals surface area contributed by atoms with Crippen molar-refractivity contribution in [1.29, 1.82) is 0 Å². The van der Waals surface area contributed by atoms with Crippen molar-refractivity contribution in [3.05, 3.63) is 36.1 Å². The number of nitrogens with one attached hydrogen (secondary N) is 3. The van der Waals surface area contributed by atoms with Crippen LogP contribution in [0.1, 0.15) is 12.8 Å². The van der Waals surface area contributed by atoms with Crippen LogP contribution in [0.3, 0.4) is 0 Å². The first kappa shape index (κ1) is 18.6. The Labute approximate surface area is 172 Å². The van der Waals surface area contributed by atoms with Gasteiger partial charge in [0.2, 0.25) is 5.91 Å². The van der Waals surface area contributed by atoms with Crippen LogP contribution in [0.15, 0.2) is 30.3 Å². The molecule has 8 heteroatoms. The zero-order valence-electron chi connectivity index (χ0n) is 16.5. The molecule has 1 amide bonds. The SMILES string of the molecule is COc1ccc(-c2[nH]c3cc(N[C@H](C(N)=O)C4CC4)cc4c3c2NCCO4)c(F)c1. The van der Waals surface area contributed by atoms with Gasteiger partial charge < -0.3 is 30.8 Å². The van der Waals surface area contributed by atoms with E-state index in [1.54, 1.807) is 12.1 Å². The van der Waals surface area contributed by atoms with Crippen LogP contribution < -0.4 is 25.8 Å². The first-order chi connectivity index (χ1) is 14.5. The maximum atomic E-state index is 14.8. The third kappa shape index (κ3) is 3.18. The van der Waals surface area contributed by atoms with E-state index in [9.17, 15) is 9.18 Å². The van der Waals surface area contributed by atoms with Gasteiger partial charge in [0.1, 0.15) is 30.0 Å². The number of benzene rings is 2. The van der Waals surface area contributed by atoms with Crippen molar-refractivity contribution in [3.63, 3.8) is 0 Å². The molecular weight excluding hydrogens is 387 g/mol. The molecule has 0 bridgehead atoms. The molecule has 2 heterocycles. The number of hydrogen-bond acceptors (Lipinski definition) is 5. The van der Waals surface area contributed by atoms with Gasteiger partial charge in [0.05, 0.1) is 29.4 Å². The van der Waals surface area contributed by atoms with Crippen molar-refractivity contribution in [1.82, 2.24) is 4.98 Å². The molecule has 7 nitrogen and oxygen atoms in total. The highest BCUT2D eigenvalue weighted by Crippen LogP contribution is 2.44. The molecule has 1 saturated carbocycles. The third-order valence-electron chi connectivity index (χ3n) is 5.69. The standard InChI is InChI=1S/C22H23FN4O3/c1-29-13-4-5-14(15(23)10-13)20-21-18-16(27-20)8-12(9-17(18)30-7-6-25-21)26-19(22(24)28)11-2-3-11/h4-5,8-11,19,25-27H,2-3,6-7H2,1H3,(H2,24,28)/t19-/m0/s1. The molecule has 3 aromatic rings. The first-order valence-electron chi connectivity index (χ1n) is 10.0. The highest BCUT2D eigenvalue weighted by Gasteiger charge is 2.35. The number of carbonyl (C=O) groups is 1. The number of amides is 1. The van der Waals surface area contributed by atoms with Gasteiger partial charge in [0.15, 0.2) is 0 Å². The monoisotopic (exact) mass is 410 g/mol. The van der Waals surface area contributed by atoms with E-state index >= 15 is 0 Å². The van der Waals surface area contributed by atoms with Crippen molar-refractivity contribution >= 4 is 28.2 Å². The molecule has 0 unspecified atom stereocenters. The van der Waals surface area contributed by atoms with E-state index in [4.69, 9.17) is 15.2 Å². The number of hydrogen-bond donors (Lipinski definition) is 4. The molecule has 2 aromatic carbocycles. The highest BCUT2D eigenvalue weighted by molar-refractivity contribution is 6.06. The van der Waals surface area contributed by atoms with E-state index in [0.717, 1.165) is 35.1 Å². The second-order valence-corrected chi connectivity index (χ2v) is 7.75. The Morgan fingerprint density at radius 3 is 2.87 bits per heavy atom. The van der Waals surface area contributed by atoms with Crippen LogP contribution in [-0.2, 0) is 4.79 Å². The number of primary amides is 1. The summed E-state index contributed by atoms with van der Waals surface area (Å²) in [6.45, 7) is 1.06. The predicted octanol–water partition coefficient (Wildman–Crippen LogP) is 3.46. The fraction of sp³-hybridized carbons (Fsp3) is 0.318. The second-order valence-electron chi connectivity index (χ2n) is 7.75. The Bertz CT molecular complexity index is 1140. The molecule has 1 atom stereocenters. The number of halogens is 1. The molecule has 1 aliphatic heterocycles. The van der Waals surface area contributed by atoms with Crippen LogP contribution in [0, 0.1) is 11.7 Å². The van der Waals surface area contributed by atoms with E-state index in [2.05, 4.69) is 15.6 Å². The largest absolute Gasteiger partial charge is 0.497 e. The lowest BCUT2D eigenvalue weighted by molar-refractivity contribution is -0.119. The minimum absolute atomic E-state index is 0.267. The van der Waals surface area contributed by atoms with Crippen LogP contribution in [0.5, 0.6) is 11.5 Å². The molecular formula is C22H23FN4O3. The van der Waals surface area contributed by atoms with Gasteiger partial charge in [0, 0.05) is 29.9 Å². The van der Waals surface area contributed by atoms with Crippen LogP contribution in [0.25, 0.3) is 22.2 Å². The second kappa shape index (κ2) is 7.12. The zero-order valence-corrected chi connectivity index (χ0v) is 16.5. The summed E-state index contributed by atoms with van der Waals surface area (Å²) >= 11 is 0. The summed E-state index contributed by atoms with van der Waals surface area (Å²) in [5.74, 6) is 0.651. The quantitative estimate of drug-likeness (QED) is 0.499. The number of ether oxygens (including phenoxy) is 2. The summed E-state index contributed by atoms with van der Waals surface area (Å²) in [6, 6.07) is 8.15. The lowest BCUT2D eigenvalue weighted by atomic mass is 10.1. The van der Waals surface area contributed by atoms with Crippen molar-refractivity contribution in [2.24, 2.45) is 11.7 Å². The van der Waals surface area contributed by atoms with E-state index < -0.39 is 6.04 Å². The van der Waals surface area contributed by atoms with E-state index in [-0.39, 0.29) is 17.6 Å². The van der Waals surface area contributed by atoms with Gasteiger partial charge in [-0.2, -0.15) is 0 Å². The molecule has 0 spiro atoms. The van der Waals surface area contributed by atoms with Gasteiger partial charge in [-0.25, -0.2) is 4.39 Å². The van der Waals surface area contributed by atoms with Gasteiger partial charge in [-0.15, -0.1) is 0 Å². The van der Waals surface area contributed by atoms with Crippen LogP contribution in [-0.4, -0.2) is 37.2 Å². The molecule has 0 saturated heterocycles. The molecule has 30 heavy (non-hydrogen) atoms. The molecule has 1 aromatic heterocycles. The van der Waals surface area contributed by atoms with Gasteiger partial charge >= 0.3 is 0 Å². The minimum Gasteiger partial charge on any atom is -0.497 e. The summed E-state index contributed by atoms with van der Waals surface area (Å²) in [5, 5.41) is 7.46. The fourth-order valence-electron chi connectivity index (χ4n) is 4.06. The number of H-pyrrole nitrogens is 1. The lowest BCUT2D eigenvalue weighted by Crippen LogP contribution is -2.37. The smallest absolute Gasteiger partial charge is 0.240 e. The molecule has 5 rings (SSSR count). The molecule has 156 valence electrons. The topological polar surface area (TPSA) is 101 Å². The number of aromatic amines is 1. The Morgan fingerprint density at radius 1 is 1.33 bits per heavy atom. The highest BCUT2D eigenvalue weighted by atomic mass is 19.1. The van der Waals surface area contributed by atoms with E-state index in [0.29, 0.717) is 35.9 Å². The summed E-state index contributed by atoms with van der Waals surface area (Å²) in [7, 11) is 1.51. The minimum atomic E-state index is -0.411. The first-order valence-corrected chi connectivity index (χ1v) is 10.0. The van der Waals surface area contributed by atoms with Crippen molar-refractivity contribution < 1.29 is 18.7 Å².